The Labute approximate surface area is 96.4 Å². The molecule has 0 saturated carbocycles. The number of benzene rings is 1. The van der Waals surface area contributed by atoms with Crippen LogP contribution in [0.15, 0.2) is 24.3 Å². The van der Waals surface area contributed by atoms with Gasteiger partial charge < -0.3 is 9.47 Å². The minimum atomic E-state index is -0.000689. The monoisotopic (exact) mass is 222 g/mol. The molecule has 0 aliphatic carbocycles. The van der Waals surface area contributed by atoms with Crippen LogP contribution in [0.2, 0.25) is 0 Å². The molecule has 0 atom stereocenters. The van der Waals surface area contributed by atoms with E-state index in [0.29, 0.717) is 18.1 Å². The third kappa shape index (κ3) is 3.57. The smallest absolute Gasteiger partial charge is 0.172 e. The maximum absolute atomic E-state index is 11.4. The van der Waals surface area contributed by atoms with E-state index in [-0.39, 0.29) is 18.3 Å². The minimum absolute atomic E-state index is 0.000689. The van der Waals surface area contributed by atoms with E-state index < -0.39 is 0 Å². The molecule has 3 heteroatoms. The summed E-state index contributed by atoms with van der Waals surface area (Å²) in [7, 11) is 0. The quantitative estimate of drug-likeness (QED) is 0.742. The van der Waals surface area contributed by atoms with E-state index in [1.165, 1.54) is 0 Å². The number of ether oxygens (including phenoxy) is 2. The molecule has 3 nitrogen and oxygen atoms in total. The molecule has 88 valence electrons. The van der Waals surface area contributed by atoms with Crippen LogP contribution >= 0.6 is 0 Å². The first-order chi connectivity index (χ1) is 7.65. The van der Waals surface area contributed by atoms with E-state index in [0.717, 1.165) is 0 Å². The number of ketones is 1. The molecule has 0 unspecified atom stereocenters. The van der Waals surface area contributed by atoms with Crippen molar-refractivity contribution in [3.63, 3.8) is 0 Å². The molecule has 0 amide bonds. The van der Waals surface area contributed by atoms with Crippen molar-refractivity contribution in [1.82, 2.24) is 0 Å². The van der Waals surface area contributed by atoms with Gasteiger partial charge in [-0.25, -0.2) is 0 Å². The van der Waals surface area contributed by atoms with Crippen molar-refractivity contribution in [2.24, 2.45) is 5.92 Å². The lowest BCUT2D eigenvalue weighted by Crippen LogP contribution is -2.17. The Kier molecular flexibility index (Phi) is 4.83. The second-order valence-electron chi connectivity index (χ2n) is 3.79. The predicted molar refractivity (Wildman–Crippen MR) is 63.0 cm³/mol. The third-order valence-electron chi connectivity index (χ3n) is 2.16. The van der Waals surface area contributed by atoms with E-state index >= 15 is 0 Å². The molecule has 0 aliphatic heterocycles. The van der Waals surface area contributed by atoms with Crippen LogP contribution in [0.25, 0.3) is 0 Å². The summed E-state index contributed by atoms with van der Waals surface area (Å²) < 4.78 is 10.8. The van der Waals surface area contributed by atoms with Crippen molar-refractivity contribution in [3.05, 3.63) is 24.3 Å². The molecule has 1 rings (SSSR count). The van der Waals surface area contributed by atoms with Crippen LogP contribution in [0.1, 0.15) is 20.8 Å². The first kappa shape index (κ1) is 12.6. The van der Waals surface area contributed by atoms with Crippen LogP contribution < -0.4 is 9.47 Å². The molecule has 0 spiro atoms. The summed E-state index contributed by atoms with van der Waals surface area (Å²) in [4.78, 5) is 11.4. The summed E-state index contributed by atoms with van der Waals surface area (Å²) in [6.07, 6.45) is 0. The Morgan fingerprint density at radius 1 is 1.19 bits per heavy atom. The van der Waals surface area contributed by atoms with Gasteiger partial charge in [0.2, 0.25) is 0 Å². The molecular weight excluding hydrogens is 204 g/mol. The zero-order valence-electron chi connectivity index (χ0n) is 10.0. The molecule has 16 heavy (non-hydrogen) atoms. The number of para-hydroxylation sites is 2. The Morgan fingerprint density at radius 2 is 1.75 bits per heavy atom. The van der Waals surface area contributed by atoms with Gasteiger partial charge in [0.05, 0.1) is 6.61 Å². The highest BCUT2D eigenvalue weighted by Gasteiger charge is 2.10. The average Bonchev–Trinajstić information content (AvgIpc) is 2.27. The van der Waals surface area contributed by atoms with Gasteiger partial charge in [0, 0.05) is 5.92 Å². The first-order valence-electron chi connectivity index (χ1n) is 5.52. The second-order valence-corrected chi connectivity index (χ2v) is 3.79. The number of rotatable bonds is 6. The lowest BCUT2D eigenvalue weighted by atomic mass is 10.1. The van der Waals surface area contributed by atoms with E-state index in [1.807, 2.05) is 39.0 Å². The summed E-state index contributed by atoms with van der Waals surface area (Å²) in [5, 5.41) is 0. The third-order valence-corrected chi connectivity index (χ3v) is 2.16. The van der Waals surface area contributed by atoms with E-state index in [1.54, 1.807) is 6.07 Å². The van der Waals surface area contributed by atoms with Crippen LogP contribution in [0.5, 0.6) is 11.5 Å². The maximum atomic E-state index is 11.4. The van der Waals surface area contributed by atoms with Crippen molar-refractivity contribution in [2.75, 3.05) is 13.2 Å². The van der Waals surface area contributed by atoms with Crippen LogP contribution in [0, 0.1) is 5.92 Å². The molecular formula is C13H18O3. The highest BCUT2D eigenvalue weighted by molar-refractivity contribution is 5.81. The number of hydrogen-bond acceptors (Lipinski definition) is 3. The molecule has 0 fully saturated rings. The van der Waals surface area contributed by atoms with Crippen molar-refractivity contribution in [3.8, 4) is 11.5 Å². The number of carbonyl (C=O) groups is 1. The zero-order chi connectivity index (χ0) is 12.0. The normalized spacial score (nSPS) is 10.2. The van der Waals surface area contributed by atoms with Gasteiger partial charge in [0.1, 0.15) is 6.61 Å². The minimum Gasteiger partial charge on any atom is -0.490 e. The number of Topliss-reactive ketones (excluding diaryl/α,β-unsaturated/α-hetero) is 1. The van der Waals surface area contributed by atoms with E-state index in [9.17, 15) is 4.79 Å². The topological polar surface area (TPSA) is 35.5 Å². The number of carbonyl (C=O) groups excluding carboxylic acids is 1. The fraction of sp³-hybridized carbons (Fsp3) is 0.462. The standard InChI is InChI=1S/C13H18O3/c1-4-15-12-7-5-6-8-13(12)16-9-11(14)10(2)3/h5-8,10H,4,9H2,1-3H3. The lowest BCUT2D eigenvalue weighted by molar-refractivity contribution is -0.123. The molecule has 0 saturated heterocycles. The Hall–Kier alpha value is -1.51. The average molecular weight is 222 g/mol. The van der Waals surface area contributed by atoms with E-state index in [2.05, 4.69) is 0 Å². The van der Waals surface area contributed by atoms with Crippen molar-refractivity contribution >= 4 is 5.78 Å². The van der Waals surface area contributed by atoms with Crippen molar-refractivity contribution < 1.29 is 14.3 Å². The van der Waals surface area contributed by atoms with Crippen LogP contribution in [0.4, 0.5) is 0 Å². The van der Waals surface area contributed by atoms with Gasteiger partial charge in [0.15, 0.2) is 17.3 Å². The Balaban J connectivity index is 2.62. The fourth-order valence-corrected chi connectivity index (χ4v) is 1.16. The number of hydrogen-bond donors (Lipinski definition) is 0. The molecule has 1 aromatic rings. The van der Waals surface area contributed by atoms with Gasteiger partial charge in [-0.05, 0) is 19.1 Å². The molecule has 0 radical (unpaired) electrons. The van der Waals surface area contributed by atoms with Gasteiger partial charge in [-0.2, -0.15) is 0 Å². The zero-order valence-corrected chi connectivity index (χ0v) is 10.0. The molecule has 0 N–H and O–H groups in total. The van der Waals surface area contributed by atoms with Crippen molar-refractivity contribution in [1.29, 1.82) is 0 Å². The predicted octanol–water partition coefficient (Wildman–Crippen LogP) is 2.69. The maximum Gasteiger partial charge on any atom is 0.172 e. The summed E-state index contributed by atoms with van der Waals surface area (Å²) in [6.45, 7) is 6.32. The van der Waals surface area contributed by atoms with E-state index in [4.69, 9.17) is 9.47 Å². The molecule has 1 aromatic carbocycles. The first-order valence-corrected chi connectivity index (χ1v) is 5.52. The summed E-state index contributed by atoms with van der Waals surface area (Å²) in [5.74, 6) is 1.39. The fourth-order valence-electron chi connectivity index (χ4n) is 1.16. The lowest BCUT2D eigenvalue weighted by Gasteiger charge is -2.11. The SMILES string of the molecule is CCOc1ccccc1OCC(=O)C(C)C. The van der Waals surface area contributed by atoms with Crippen molar-refractivity contribution in [2.45, 2.75) is 20.8 Å². The largest absolute Gasteiger partial charge is 0.490 e. The molecule has 0 heterocycles. The Morgan fingerprint density at radius 3 is 2.25 bits per heavy atom. The van der Waals surface area contributed by atoms with Crippen LogP contribution in [-0.2, 0) is 4.79 Å². The highest BCUT2D eigenvalue weighted by atomic mass is 16.5. The molecule has 0 bridgehead atoms. The van der Waals surface area contributed by atoms with Gasteiger partial charge in [0.25, 0.3) is 0 Å². The molecule has 0 aromatic heterocycles. The molecule has 0 aliphatic rings. The van der Waals surface area contributed by atoms with Gasteiger partial charge in [-0.3, -0.25) is 4.79 Å². The van der Waals surface area contributed by atoms with Crippen LogP contribution in [0.3, 0.4) is 0 Å². The second kappa shape index (κ2) is 6.16. The Bertz CT molecular complexity index is 345. The van der Waals surface area contributed by atoms with Gasteiger partial charge >= 0.3 is 0 Å². The summed E-state index contributed by atoms with van der Waals surface area (Å²) in [5.41, 5.74) is 0. The summed E-state index contributed by atoms with van der Waals surface area (Å²) in [6, 6.07) is 7.37. The highest BCUT2D eigenvalue weighted by Crippen LogP contribution is 2.26. The van der Waals surface area contributed by atoms with Gasteiger partial charge in [-0.15, -0.1) is 0 Å². The van der Waals surface area contributed by atoms with Crippen LogP contribution in [-0.4, -0.2) is 19.0 Å². The van der Waals surface area contributed by atoms with Gasteiger partial charge in [-0.1, -0.05) is 26.0 Å². The summed E-state index contributed by atoms with van der Waals surface area (Å²) >= 11 is 0.